The predicted octanol–water partition coefficient (Wildman–Crippen LogP) is 7.47. The molecule has 0 saturated heterocycles. The summed E-state index contributed by atoms with van der Waals surface area (Å²) in [7, 11) is 0. The average Bonchev–Trinajstić information content (AvgIpc) is 3.38. The first-order chi connectivity index (χ1) is 16.3. The second kappa shape index (κ2) is 8.88. The van der Waals surface area contributed by atoms with Crippen molar-refractivity contribution in [2.24, 2.45) is 0 Å². The Morgan fingerprint density at radius 1 is 0.912 bits per heavy atom. The van der Waals surface area contributed by atoms with Crippen molar-refractivity contribution in [2.75, 3.05) is 0 Å². The highest BCUT2D eigenvalue weighted by Crippen LogP contribution is 2.35. The highest BCUT2D eigenvalue weighted by Gasteiger charge is 2.30. The van der Waals surface area contributed by atoms with E-state index >= 15 is 0 Å². The first-order valence-corrected chi connectivity index (χ1v) is 12.3. The van der Waals surface area contributed by atoms with E-state index in [2.05, 4.69) is 39.4 Å². The lowest BCUT2D eigenvalue weighted by molar-refractivity contribution is -0.137. The third-order valence-electron chi connectivity index (χ3n) is 5.38. The fraction of sp³-hybridized carbons (Fsp3) is 0.160. The molecular formula is C25H19F3N4S2. The van der Waals surface area contributed by atoms with Gasteiger partial charge in [0.05, 0.1) is 26.8 Å². The lowest BCUT2D eigenvalue weighted by atomic mass is 10.1. The maximum absolute atomic E-state index is 12.9. The van der Waals surface area contributed by atoms with Crippen LogP contribution in [-0.4, -0.2) is 19.7 Å². The van der Waals surface area contributed by atoms with Crippen LogP contribution < -0.4 is 0 Å². The summed E-state index contributed by atoms with van der Waals surface area (Å²) in [5, 5.41) is 12.8. The Hall–Kier alpha value is -3.17. The second-order valence-corrected chi connectivity index (χ2v) is 9.95. The first-order valence-electron chi connectivity index (χ1n) is 10.5. The molecule has 0 saturated carbocycles. The van der Waals surface area contributed by atoms with E-state index in [1.165, 1.54) is 23.9 Å². The molecule has 5 aromatic rings. The van der Waals surface area contributed by atoms with Crippen LogP contribution in [0.4, 0.5) is 13.2 Å². The smallest absolute Gasteiger partial charge is 0.269 e. The zero-order valence-corrected chi connectivity index (χ0v) is 19.9. The number of aromatic nitrogens is 4. The maximum Gasteiger partial charge on any atom is 0.416 e. The Bertz CT molecular complexity index is 1470. The van der Waals surface area contributed by atoms with Crippen LogP contribution in [-0.2, 0) is 11.9 Å². The van der Waals surface area contributed by atoms with Gasteiger partial charge in [-0.15, -0.1) is 21.5 Å². The fourth-order valence-corrected chi connectivity index (χ4v) is 5.54. The van der Waals surface area contributed by atoms with Crippen LogP contribution in [0, 0.1) is 13.8 Å². The Kier molecular flexibility index (Phi) is 5.91. The van der Waals surface area contributed by atoms with E-state index in [1.807, 2.05) is 36.6 Å². The summed E-state index contributed by atoms with van der Waals surface area (Å²) in [6.45, 7) is 3.91. The minimum Gasteiger partial charge on any atom is -0.269 e. The highest BCUT2D eigenvalue weighted by atomic mass is 32.2. The van der Waals surface area contributed by atoms with Crippen LogP contribution in [0.1, 0.15) is 21.8 Å². The van der Waals surface area contributed by atoms with Crippen LogP contribution in [0.3, 0.4) is 0 Å². The summed E-state index contributed by atoms with van der Waals surface area (Å²) in [6, 6.07) is 19.5. The lowest BCUT2D eigenvalue weighted by Gasteiger charge is -2.11. The molecule has 0 amide bonds. The van der Waals surface area contributed by atoms with Gasteiger partial charge in [0, 0.05) is 5.75 Å². The number of hydrogen-bond acceptors (Lipinski definition) is 5. The molecule has 4 nitrogen and oxygen atoms in total. The number of thiazole rings is 1. The van der Waals surface area contributed by atoms with Crippen LogP contribution in [0.25, 0.3) is 27.2 Å². The van der Waals surface area contributed by atoms with Gasteiger partial charge < -0.3 is 0 Å². The SMILES string of the molecule is Cc1nc(C)c(-c2nnc(SCc3ccc(C(F)(F)F)cc3)n2-c2ccc3ccccc3c2)s1. The summed E-state index contributed by atoms with van der Waals surface area (Å²) in [6.07, 6.45) is -4.35. The van der Waals surface area contributed by atoms with Gasteiger partial charge in [-0.25, -0.2) is 4.98 Å². The molecular weight excluding hydrogens is 477 g/mol. The number of fused-ring (bicyclic) bond motifs is 1. The maximum atomic E-state index is 12.9. The van der Waals surface area contributed by atoms with E-state index in [0.717, 1.165) is 49.7 Å². The molecule has 0 atom stereocenters. The molecule has 0 spiro atoms. The van der Waals surface area contributed by atoms with Crippen molar-refractivity contribution >= 4 is 33.9 Å². The van der Waals surface area contributed by atoms with Gasteiger partial charge >= 0.3 is 6.18 Å². The third-order valence-corrected chi connectivity index (χ3v) is 7.45. The summed E-state index contributed by atoms with van der Waals surface area (Å²) in [5.74, 6) is 1.16. The van der Waals surface area contributed by atoms with Gasteiger partial charge in [0.1, 0.15) is 0 Å². The number of aryl methyl sites for hydroxylation is 2. The number of thioether (sulfide) groups is 1. The normalized spacial score (nSPS) is 11.9. The van der Waals surface area contributed by atoms with Crippen molar-refractivity contribution in [2.45, 2.75) is 30.9 Å². The van der Waals surface area contributed by atoms with E-state index in [4.69, 9.17) is 0 Å². The van der Waals surface area contributed by atoms with Gasteiger partial charge in [-0.05, 0) is 54.4 Å². The zero-order valence-electron chi connectivity index (χ0n) is 18.3. The largest absolute Gasteiger partial charge is 0.416 e. The molecule has 0 radical (unpaired) electrons. The zero-order chi connectivity index (χ0) is 23.9. The van der Waals surface area contributed by atoms with Gasteiger partial charge in [-0.2, -0.15) is 13.2 Å². The Balaban J connectivity index is 1.54. The molecule has 34 heavy (non-hydrogen) atoms. The molecule has 172 valence electrons. The minimum atomic E-state index is -4.35. The van der Waals surface area contributed by atoms with Crippen LogP contribution in [0.15, 0.2) is 71.9 Å². The molecule has 0 aliphatic rings. The Morgan fingerprint density at radius 2 is 1.65 bits per heavy atom. The van der Waals surface area contributed by atoms with Crippen molar-refractivity contribution < 1.29 is 13.2 Å². The molecule has 0 fully saturated rings. The lowest BCUT2D eigenvalue weighted by Crippen LogP contribution is -2.04. The standard InChI is InChI=1S/C25H19F3N4S2/c1-15-22(34-16(2)29-15)23-30-31-24(33-14-17-7-10-20(11-8-17)25(26,27)28)32(23)21-12-9-18-5-3-4-6-19(18)13-21/h3-13H,14H2,1-2H3. The number of nitrogens with zero attached hydrogens (tertiary/aromatic N) is 4. The predicted molar refractivity (Wildman–Crippen MR) is 130 cm³/mol. The van der Waals surface area contributed by atoms with Gasteiger partial charge in [0.15, 0.2) is 11.0 Å². The Labute approximate surface area is 202 Å². The molecule has 0 bridgehead atoms. The van der Waals surface area contributed by atoms with Crippen LogP contribution >= 0.6 is 23.1 Å². The molecule has 5 rings (SSSR count). The minimum absolute atomic E-state index is 0.463. The number of alkyl halides is 3. The number of benzene rings is 3. The monoisotopic (exact) mass is 496 g/mol. The summed E-state index contributed by atoms with van der Waals surface area (Å²) in [4.78, 5) is 5.49. The van der Waals surface area contributed by atoms with Crippen molar-refractivity contribution in [3.63, 3.8) is 0 Å². The summed E-state index contributed by atoms with van der Waals surface area (Å²) >= 11 is 3.00. The average molecular weight is 497 g/mol. The quantitative estimate of drug-likeness (QED) is 0.237. The molecule has 0 N–H and O–H groups in total. The summed E-state index contributed by atoms with van der Waals surface area (Å²) in [5.41, 5.74) is 1.92. The van der Waals surface area contributed by atoms with E-state index in [1.54, 1.807) is 11.3 Å². The molecule has 9 heteroatoms. The number of hydrogen-bond donors (Lipinski definition) is 0. The van der Waals surface area contributed by atoms with Gasteiger partial charge in [0.25, 0.3) is 0 Å². The van der Waals surface area contributed by atoms with Crippen molar-refractivity contribution in [3.05, 3.63) is 88.6 Å². The summed E-state index contributed by atoms with van der Waals surface area (Å²) < 4.78 is 40.7. The number of rotatable bonds is 5. The van der Waals surface area contributed by atoms with Crippen molar-refractivity contribution in [1.29, 1.82) is 0 Å². The second-order valence-electron chi connectivity index (χ2n) is 7.80. The van der Waals surface area contributed by atoms with E-state index in [0.29, 0.717) is 16.7 Å². The van der Waals surface area contributed by atoms with E-state index < -0.39 is 11.7 Å². The number of halogens is 3. The Morgan fingerprint density at radius 3 is 2.32 bits per heavy atom. The fourth-order valence-electron chi connectivity index (χ4n) is 3.74. The van der Waals surface area contributed by atoms with Crippen molar-refractivity contribution in [1.82, 2.24) is 19.7 Å². The van der Waals surface area contributed by atoms with Gasteiger partial charge in [-0.1, -0.05) is 54.2 Å². The molecule has 2 aromatic heterocycles. The van der Waals surface area contributed by atoms with Crippen LogP contribution in [0.2, 0.25) is 0 Å². The van der Waals surface area contributed by atoms with Gasteiger partial charge in [0.2, 0.25) is 0 Å². The molecule has 0 aliphatic carbocycles. The van der Waals surface area contributed by atoms with Crippen LogP contribution in [0.5, 0.6) is 0 Å². The highest BCUT2D eigenvalue weighted by molar-refractivity contribution is 7.98. The van der Waals surface area contributed by atoms with E-state index in [9.17, 15) is 13.2 Å². The third kappa shape index (κ3) is 4.45. The molecule has 0 aliphatic heterocycles. The van der Waals surface area contributed by atoms with E-state index in [-0.39, 0.29) is 0 Å². The first kappa shape index (κ1) is 22.6. The molecule has 2 heterocycles. The van der Waals surface area contributed by atoms with Crippen molar-refractivity contribution in [3.8, 4) is 16.4 Å². The van der Waals surface area contributed by atoms with Gasteiger partial charge in [-0.3, -0.25) is 4.57 Å². The topological polar surface area (TPSA) is 43.6 Å². The molecule has 0 unspecified atom stereocenters. The molecule has 3 aromatic carbocycles.